The number of hydrogen-bond donors (Lipinski definition) is 0. The van der Waals surface area contributed by atoms with Crippen molar-refractivity contribution < 1.29 is 26.2 Å². The number of thiophene rings is 1. The van der Waals surface area contributed by atoms with Crippen molar-refractivity contribution in [3.63, 3.8) is 0 Å². The van der Waals surface area contributed by atoms with Gasteiger partial charge in [-0.15, -0.1) is 11.3 Å². The van der Waals surface area contributed by atoms with Gasteiger partial charge in [0.15, 0.2) is 0 Å². The van der Waals surface area contributed by atoms with E-state index in [1.165, 1.54) is 23.3 Å². The molecule has 0 saturated carbocycles. The molecule has 0 spiro atoms. The third-order valence-corrected chi connectivity index (χ3v) is 11.0. The van der Waals surface area contributed by atoms with Gasteiger partial charge in [0.1, 0.15) is 28.6 Å². The number of furan rings is 1. The van der Waals surface area contributed by atoms with Gasteiger partial charge >= 0.3 is 0 Å². The highest BCUT2D eigenvalue weighted by molar-refractivity contribution is 7.28. The monoisotopic (exact) mass is 638 g/mol. The molecule has 0 radical (unpaired) electrons. The molecule has 236 valence electrons. The van der Waals surface area contributed by atoms with Crippen molar-refractivity contribution in [3.05, 3.63) is 76.1 Å². The van der Waals surface area contributed by atoms with Crippen LogP contribution in [0.2, 0.25) is 0 Å². The predicted molar refractivity (Wildman–Crippen MR) is 195 cm³/mol. The van der Waals surface area contributed by atoms with E-state index in [9.17, 15) is 12.3 Å². The molecule has 1 aliphatic carbocycles. The van der Waals surface area contributed by atoms with Gasteiger partial charge in [0.05, 0.1) is 19.4 Å². The van der Waals surface area contributed by atoms with E-state index in [0.717, 1.165) is 16.9 Å². The summed E-state index contributed by atoms with van der Waals surface area (Å²) in [5.74, 6) is 0.760. The van der Waals surface area contributed by atoms with Crippen LogP contribution in [-0.4, -0.2) is 13.8 Å². The number of rotatable bonds is 2. The predicted octanol–water partition coefficient (Wildman–Crippen LogP) is 9.46. The van der Waals surface area contributed by atoms with Crippen molar-refractivity contribution in [3.8, 4) is 17.2 Å². The lowest BCUT2D eigenvalue weighted by Gasteiger charge is -2.39. The summed E-state index contributed by atoms with van der Waals surface area (Å²) in [5.41, 5.74) is -0.285. The summed E-state index contributed by atoms with van der Waals surface area (Å²) in [7, 11) is 1.33. The Kier molecular flexibility index (Phi) is 4.28. The average molecular weight is 639 g/mol. The third-order valence-electron chi connectivity index (χ3n) is 9.41. The van der Waals surface area contributed by atoms with Crippen LogP contribution in [-0.2, 0) is 21.7 Å². The second-order valence-corrected chi connectivity index (χ2v) is 17.2. The quantitative estimate of drug-likeness (QED) is 0.177. The van der Waals surface area contributed by atoms with E-state index in [2.05, 4.69) is 27.7 Å². The van der Waals surface area contributed by atoms with Crippen molar-refractivity contribution in [2.24, 2.45) is 0 Å². The molecule has 2 aliphatic heterocycles. The van der Waals surface area contributed by atoms with Gasteiger partial charge in [0, 0.05) is 61.2 Å². The molecule has 3 aromatic carbocycles. The topological polar surface area (TPSA) is 34.8 Å². The molecule has 0 saturated heterocycles. The van der Waals surface area contributed by atoms with Gasteiger partial charge in [0.25, 0.3) is 6.71 Å². The van der Waals surface area contributed by atoms with Crippen LogP contribution in [0.15, 0.2) is 58.8 Å². The largest absolute Gasteiger partial charge is 0.497 e. The molecule has 5 aromatic rings. The van der Waals surface area contributed by atoms with Crippen LogP contribution in [0.4, 0.5) is 17.1 Å². The molecule has 6 heteroatoms. The molecule has 4 heterocycles. The van der Waals surface area contributed by atoms with E-state index in [1.54, 1.807) is 0 Å². The fourth-order valence-corrected chi connectivity index (χ4v) is 8.70. The average Bonchev–Trinajstić information content (AvgIpc) is 3.69. The molecule has 4 nitrogen and oxygen atoms in total. The first-order chi connectivity index (χ1) is 25.3. The van der Waals surface area contributed by atoms with Gasteiger partial charge < -0.3 is 18.8 Å². The standard InChI is InChI=1S/C40H44BNO3S/c1-37(2,3)22-12-14-23(15-13-22)42-27-19-29-25(33-35(45-29)40(9,10)21-39(33,7)8)18-26(27)41-34-28(42)16-24(43-11)17-30(34)44-31-20-32(38(4,5)6)46-36(31)41/h12-20H,21H2,1-11H3/i12D,13D,14D,15D,16D,17D,18D,19D,20D. The first-order valence-corrected chi connectivity index (χ1v) is 16.6. The second kappa shape index (κ2) is 9.25. The van der Waals surface area contributed by atoms with E-state index >= 15 is 0 Å². The van der Waals surface area contributed by atoms with Gasteiger partial charge in [-0.2, -0.15) is 0 Å². The van der Waals surface area contributed by atoms with E-state index in [4.69, 9.17) is 13.9 Å². The summed E-state index contributed by atoms with van der Waals surface area (Å²) in [5, 5.41) is 0.486. The summed E-state index contributed by atoms with van der Waals surface area (Å²) in [6.07, 6.45) is 0.754. The van der Waals surface area contributed by atoms with Gasteiger partial charge in [-0.3, -0.25) is 0 Å². The van der Waals surface area contributed by atoms with Crippen molar-refractivity contribution in [1.29, 1.82) is 0 Å². The number of benzene rings is 3. The Labute approximate surface area is 290 Å². The summed E-state index contributed by atoms with van der Waals surface area (Å²) in [4.78, 5) is 2.11. The minimum absolute atomic E-state index is 0.00855. The second-order valence-electron chi connectivity index (χ2n) is 16.2. The van der Waals surface area contributed by atoms with E-state index in [0.29, 0.717) is 26.8 Å². The zero-order valence-electron chi connectivity index (χ0n) is 37.4. The summed E-state index contributed by atoms with van der Waals surface area (Å²) < 4.78 is 105. The summed E-state index contributed by atoms with van der Waals surface area (Å²) >= 11 is 1.37. The first kappa shape index (κ1) is 21.3. The van der Waals surface area contributed by atoms with Crippen molar-refractivity contribution in [2.75, 3.05) is 12.0 Å². The highest BCUT2D eigenvalue weighted by Crippen LogP contribution is 2.54. The molecule has 0 unspecified atom stereocenters. The Morgan fingerprint density at radius 2 is 1.59 bits per heavy atom. The molecule has 46 heavy (non-hydrogen) atoms. The normalized spacial score (nSPS) is 20.1. The molecule has 0 bridgehead atoms. The Hall–Kier alpha value is -3.64. The highest BCUT2D eigenvalue weighted by atomic mass is 32.1. The fraction of sp³-hybridized carbons (Fsp3) is 0.400. The van der Waals surface area contributed by atoms with Crippen molar-refractivity contribution in [1.82, 2.24) is 0 Å². The highest BCUT2D eigenvalue weighted by Gasteiger charge is 2.49. The zero-order chi connectivity index (χ0) is 40.5. The number of anilines is 3. The van der Waals surface area contributed by atoms with E-state index in [-0.39, 0.29) is 99.8 Å². The van der Waals surface area contributed by atoms with Crippen LogP contribution in [0.1, 0.15) is 110 Å². The van der Waals surface area contributed by atoms with Crippen LogP contribution < -0.4 is 30.1 Å². The van der Waals surface area contributed by atoms with Crippen molar-refractivity contribution >= 4 is 61.8 Å². The minimum Gasteiger partial charge on any atom is -0.497 e. The van der Waals surface area contributed by atoms with Gasteiger partial charge in [-0.1, -0.05) is 87.4 Å². The van der Waals surface area contributed by atoms with Crippen LogP contribution >= 0.6 is 11.3 Å². The molecular formula is C40H44BNO3S. The van der Waals surface area contributed by atoms with Crippen LogP contribution in [0, 0.1) is 0 Å². The number of ether oxygens (including phenoxy) is 2. The number of fused-ring (bicyclic) bond motifs is 7. The lowest BCUT2D eigenvalue weighted by molar-refractivity contribution is 0.362. The van der Waals surface area contributed by atoms with Gasteiger partial charge in [-0.05, 0) is 57.3 Å². The summed E-state index contributed by atoms with van der Waals surface area (Å²) in [6, 6.07) is -1.73. The molecule has 8 rings (SSSR count). The Morgan fingerprint density at radius 3 is 2.24 bits per heavy atom. The maximum atomic E-state index is 10.2. The number of methoxy groups -OCH3 is 1. The lowest BCUT2D eigenvalue weighted by atomic mass is 9.37. The molecule has 0 fully saturated rings. The van der Waals surface area contributed by atoms with Gasteiger partial charge in [0.2, 0.25) is 0 Å². The Bertz CT molecular complexity index is 2550. The van der Waals surface area contributed by atoms with Gasteiger partial charge in [-0.25, -0.2) is 0 Å². The molecule has 3 aliphatic rings. The molecule has 0 amide bonds. The fourth-order valence-electron chi connectivity index (χ4n) is 7.49. The third kappa shape index (κ3) is 4.18. The molecule has 0 N–H and O–H groups in total. The van der Waals surface area contributed by atoms with E-state index < -0.39 is 28.4 Å². The lowest BCUT2D eigenvalue weighted by Crippen LogP contribution is -2.58. The Morgan fingerprint density at radius 1 is 0.870 bits per heavy atom. The minimum atomic E-state index is -0.892. The maximum Gasteiger partial charge on any atom is 0.268 e. The van der Waals surface area contributed by atoms with Crippen LogP contribution in [0.5, 0.6) is 17.2 Å². The van der Waals surface area contributed by atoms with Crippen LogP contribution in [0.25, 0.3) is 11.0 Å². The van der Waals surface area contributed by atoms with Crippen molar-refractivity contribution in [2.45, 2.75) is 97.3 Å². The molecule has 2 aromatic heterocycles. The zero-order valence-corrected chi connectivity index (χ0v) is 29.2. The Balaban J connectivity index is 1.63. The first-order valence-electron chi connectivity index (χ1n) is 20.3. The number of nitrogens with zero attached hydrogens (tertiary/aromatic N) is 1. The van der Waals surface area contributed by atoms with Crippen LogP contribution in [0.3, 0.4) is 0 Å². The smallest absolute Gasteiger partial charge is 0.268 e. The molecular weight excluding hydrogens is 585 g/mol. The SMILES string of the molecule is [2H]c1c(C(C)(C)C)sc2c1Oc1c([2H])c(OC)c([2H])c3c1B2c1c(c([2H])c2oc4c(c2c1[2H])C(C)(C)CC4(C)C)N3c1c([2H])c([2H])c(C(C)(C)C)c([2H])c1[2H]. The summed E-state index contributed by atoms with van der Waals surface area (Å²) in [6.45, 7) is 19.0. The molecule has 0 atom stereocenters. The maximum absolute atomic E-state index is 10.2. The van der Waals surface area contributed by atoms with E-state index in [1.807, 2.05) is 41.5 Å². The number of hydrogen-bond acceptors (Lipinski definition) is 5.